The van der Waals surface area contributed by atoms with Crippen molar-refractivity contribution >= 4 is 34.9 Å². The SMILES string of the molecule is O=C(Nc1ccccc1F)c1ccnc(N2CCC(C(=O)NCc3cccc(Cl)c3)CC2)c1. The van der Waals surface area contributed by atoms with Crippen LogP contribution in [0.4, 0.5) is 15.9 Å². The van der Waals surface area contributed by atoms with Crippen LogP contribution in [0.25, 0.3) is 0 Å². The molecule has 2 N–H and O–H groups in total. The molecule has 2 aromatic carbocycles. The lowest BCUT2D eigenvalue weighted by Crippen LogP contribution is -2.40. The van der Waals surface area contributed by atoms with E-state index in [0.717, 1.165) is 5.56 Å². The Hall–Kier alpha value is -3.45. The summed E-state index contributed by atoms with van der Waals surface area (Å²) in [5, 5.41) is 6.22. The molecule has 0 unspecified atom stereocenters. The summed E-state index contributed by atoms with van der Waals surface area (Å²) >= 11 is 6.00. The fourth-order valence-corrected chi connectivity index (χ4v) is 4.05. The fraction of sp³-hybridized carbons (Fsp3) is 0.240. The fourth-order valence-electron chi connectivity index (χ4n) is 3.84. The van der Waals surface area contributed by atoms with E-state index in [-0.39, 0.29) is 17.5 Å². The van der Waals surface area contributed by atoms with Crippen molar-refractivity contribution in [3.63, 3.8) is 0 Å². The number of anilines is 2. The van der Waals surface area contributed by atoms with E-state index in [0.29, 0.717) is 48.9 Å². The van der Waals surface area contributed by atoms with Crippen molar-refractivity contribution in [3.05, 3.63) is 88.8 Å². The van der Waals surface area contributed by atoms with E-state index in [1.54, 1.807) is 36.5 Å². The van der Waals surface area contributed by atoms with E-state index in [1.165, 1.54) is 12.1 Å². The Morgan fingerprint density at radius 3 is 2.61 bits per heavy atom. The average molecular weight is 467 g/mol. The maximum absolute atomic E-state index is 13.8. The Morgan fingerprint density at radius 2 is 1.85 bits per heavy atom. The Balaban J connectivity index is 1.32. The molecule has 3 aromatic rings. The second-order valence-electron chi connectivity index (χ2n) is 7.95. The predicted octanol–water partition coefficient (Wildman–Crippen LogP) is 4.66. The molecule has 0 spiro atoms. The molecule has 2 amide bonds. The van der Waals surface area contributed by atoms with Crippen LogP contribution in [0.2, 0.25) is 5.02 Å². The summed E-state index contributed by atoms with van der Waals surface area (Å²) < 4.78 is 13.8. The van der Waals surface area contributed by atoms with Crippen LogP contribution in [0.3, 0.4) is 0 Å². The molecule has 1 aliphatic heterocycles. The summed E-state index contributed by atoms with van der Waals surface area (Å²) in [5.74, 6) is -0.280. The zero-order valence-electron chi connectivity index (χ0n) is 17.9. The van der Waals surface area contributed by atoms with Gasteiger partial charge in [0.05, 0.1) is 5.69 Å². The van der Waals surface area contributed by atoms with Crippen LogP contribution < -0.4 is 15.5 Å². The van der Waals surface area contributed by atoms with E-state index in [9.17, 15) is 14.0 Å². The molecule has 0 bridgehead atoms. The molecule has 0 atom stereocenters. The van der Waals surface area contributed by atoms with Gasteiger partial charge < -0.3 is 15.5 Å². The van der Waals surface area contributed by atoms with Gasteiger partial charge in [-0.2, -0.15) is 0 Å². The zero-order valence-corrected chi connectivity index (χ0v) is 18.7. The van der Waals surface area contributed by atoms with Gasteiger partial charge in [0, 0.05) is 42.3 Å². The highest BCUT2D eigenvalue weighted by atomic mass is 35.5. The summed E-state index contributed by atoms with van der Waals surface area (Å²) in [6.07, 6.45) is 2.94. The quantitative estimate of drug-likeness (QED) is 0.554. The number of carbonyl (C=O) groups excluding carboxylic acids is 2. The molecular weight excluding hydrogens is 443 g/mol. The van der Waals surface area contributed by atoms with Crippen molar-refractivity contribution in [1.29, 1.82) is 0 Å². The first-order valence-electron chi connectivity index (χ1n) is 10.8. The third-order valence-electron chi connectivity index (χ3n) is 5.68. The number of amides is 2. The van der Waals surface area contributed by atoms with Gasteiger partial charge in [-0.25, -0.2) is 9.37 Å². The van der Waals surface area contributed by atoms with Crippen molar-refractivity contribution in [2.75, 3.05) is 23.3 Å². The Bertz CT molecular complexity index is 1150. The lowest BCUT2D eigenvalue weighted by atomic mass is 9.95. The molecule has 1 saturated heterocycles. The first-order chi connectivity index (χ1) is 16.0. The van der Waals surface area contributed by atoms with E-state index in [1.807, 2.05) is 18.2 Å². The Kier molecular flexibility index (Phi) is 7.19. The molecular formula is C25H24ClFN4O2. The molecule has 6 nitrogen and oxygen atoms in total. The first-order valence-corrected chi connectivity index (χ1v) is 11.2. The van der Waals surface area contributed by atoms with E-state index < -0.39 is 11.7 Å². The van der Waals surface area contributed by atoms with Crippen LogP contribution in [0.5, 0.6) is 0 Å². The number of nitrogens with zero attached hydrogens (tertiary/aromatic N) is 2. The number of aromatic nitrogens is 1. The second kappa shape index (κ2) is 10.4. The topological polar surface area (TPSA) is 74.3 Å². The van der Waals surface area contributed by atoms with Crippen LogP contribution in [-0.4, -0.2) is 29.9 Å². The lowest BCUT2D eigenvalue weighted by Gasteiger charge is -2.32. The van der Waals surface area contributed by atoms with Crippen molar-refractivity contribution in [1.82, 2.24) is 10.3 Å². The summed E-state index contributed by atoms with van der Waals surface area (Å²) in [6, 6.07) is 16.7. The van der Waals surface area contributed by atoms with E-state index >= 15 is 0 Å². The molecule has 8 heteroatoms. The number of piperidine rings is 1. The average Bonchev–Trinajstić information content (AvgIpc) is 2.84. The minimum atomic E-state index is -0.490. The van der Waals surface area contributed by atoms with Crippen LogP contribution >= 0.6 is 11.6 Å². The van der Waals surface area contributed by atoms with Gasteiger partial charge in [-0.15, -0.1) is 0 Å². The van der Waals surface area contributed by atoms with Gasteiger partial charge in [-0.3, -0.25) is 9.59 Å². The molecule has 0 saturated carbocycles. The number of halogens is 2. The molecule has 33 heavy (non-hydrogen) atoms. The standard InChI is InChI=1S/C25H24ClFN4O2/c26-20-5-3-4-17(14-20)16-29-24(32)18-9-12-31(13-10-18)23-15-19(8-11-28-23)25(33)30-22-7-2-1-6-21(22)27/h1-8,11,14-15,18H,9-10,12-13,16H2,(H,29,32)(H,30,33). The minimum Gasteiger partial charge on any atom is -0.357 e. The highest BCUT2D eigenvalue weighted by molar-refractivity contribution is 6.30. The summed E-state index contributed by atoms with van der Waals surface area (Å²) in [7, 11) is 0. The van der Waals surface area contributed by atoms with Gasteiger partial charge in [-0.05, 0) is 54.8 Å². The number of rotatable bonds is 6. The summed E-state index contributed by atoms with van der Waals surface area (Å²) in [5.41, 5.74) is 1.48. The number of hydrogen-bond acceptors (Lipinski definition) is 4. The normalized spacial score (nSPS) is 14.1. The van der Waals surface area contributed by atoms with Gasteiger partial charge in [0.1, 0.15) is 11.6 Å². The van der Waals surface area contributed by atoms with Crippen LogP contribution in [0, 0.1) is 11.7 Å². The molecule has 1 aliphatic rings. The highest BCUT2D eigenvalue weighted by Crippen LogP contribution is 2.23. The number of carbonyl (C=O) groups is 2. The largest absolute Gasteiger partial charge is 0.357 e. The third-order valence-corrected chi connectivity index (χ3v) is 5.91. The maximum Gasteiger partial charge on any atom is 0.255 e. The van der Waals surface area contributed by atoms with E-state index in [2.05, 4.69) is 20.5 Å². The highest BCUT2D eigenvalue weighted by Gasteiger charge is 2.26. The Labute approximate surface area is 196 Å². The van der Waals surface area contributed by atoms with Crippen LogP contribution in [0.15, 0.2) is 66.9 Å². The van der Waals surface area contributed by atoms with Crippen molar-refractivity contribution in [2.24, 2.45) is 5.92 Å². The predicted molar refractivity (Wildman–Crippen MR) is 127 cm³/mol. The molecule has 0 aliphatic carbocycles. The van der Waals surface area contributed by atoms with Crippen LogP contribution in [-0.2, 0) is 11.3 Å². The van der Waals surface area contributed by atoms with Gasteiger partial charge in [-0.1, -0.05) is 35.9 Å². The van der Waals surface area contributed by atoms with Gasteiger partial charge in [0.15, 0.2) is 0 Å². The maximum atomic E-state index is 13.8. The Morgan fingerprint density at radius 1 is 1.06 bits per heavy atom. The molecule has 1 aromatic heterocycles. The molecule has 0 radical (unpaired) electrons. The lowest BCUT2D eigenvalue weighted by molar-refractivity contribution is -0.125. The van der Waals surface area contributed by atoms with E-state index in [4.69, 9.17) is 11.6 Å². The van der Waals surface area contributed by atoms with Gasteiger partial charge in [0.2, 0.25) is 5.91 Å². The molecule has 170 valence electrons. The van der Waals surface area contributed by atoms with Gasteiger partial charge >= 0.3 is 0 Å². The van der Waals surface area contributed by atoms with Crippen molar-refractivity contribution in [2.45, 2.75) is 19.4 Å². The van der Waals surface area contributed by atoms with Crippen molar-refractivity contribution in [3.8, 4) is 0 Å². The zero-order chi connectivity index (χ0) is 23.2. The monoisotopic (exact) mass is 466 g/mol. The first kappa shape index (κ1) is 22.7. The number of para-hydroxylation sites is 1. The number of hydrogen-bond donors (Lipinski definition) is 2. The summed E-state index contributed by atoms with van der Waals surface area (Å²) in [4.78, 5) is 31.6. The molecule has 2 heterocycles. The molecule has 1 fully saturated rings. The smallest absolute Gasteiger partial charge is 0.255 e. The minimum absolute atomic E-state index is 0.0283. The number of nitrogens with one attached hydrogen (secondary N) is 2. The van der Waals surface area contributed by atoms with Crippen molar-refractivity contribution < 1.29 is 14.0 Å². The number of pyridine rings is 1. The third kappa shape index (κ3) is 5.87. The van der Waals surface area contributed by atoms with Crippen LogP contribution in [0.1, 0.15) is 28.8 Å². The van der Waals surface area contributed by atoms with Gasteiger partial charge in [0.25, 0.3) is 5.91 Å². The summed E-state index contributed by atoms with van der Waals surface area (Å²) in [6.45, 7) is 1.75. The molecule has 4 rings (SSSR count). The number of benzene rings is 2. The second-order valence-corrected chi connectivity index (χ2v) is 8.38.